The summed E-state index contributed by atoms with van der Waals surface area (Å²) in [6.07, 6.45) is 9.59. The molecule has 0 radical (unpaired) electrons. The van der Waals surface area contributed by atoms with Crippen LogP contribution in [0.4, 0.5) is 0 Å². The summed E-state index contributed by atoms with van der Waals surface area (Å²) in [6, 6.07) is 0. The summed E-state index contributed by atoms with van der Waals surface area (Å²) >= 11 is 0. The number of ether oxygens (including phenoxy) is 2. The van der Waals surface area contributed by atoms with Crippen LogP contribution in [0, 0.1) is 11.3 Å². The third-order valence-corrected chi connectivity index (χ3v) is 4.36. The molecule has 0 aromatic carbocycles. The molecule has 0 amide bonds. The molecule has 0 aromatic heterocycles. The number of hydrogen-bond acceptors (Lipinski definition) is 3. The fourth-order valence-corrected chi connectivity index (χ4v) is 2.93. The van der Waals surface area contributed by atoms with Crippen molar-refractivity contribution in [3.63, 3.8) is 0 Å². The lowest BCUT2D eigenvalue weighted by Crippen LogP contribution is -2.41. The minimum atomic E-state index is 0.404. The van der Waals surface area contributed by atoms with Crippen molar-refractivity contribution >= 4 is 0 Å². The molecule has 2 rings (SSSR count). The zero-order valence-corrected chi connectivity index (χ0v) is 11.9. The van der Waals surface area contributed by atoms with E-state index in [1.165, 1.54) is 44.9 Å². The molecule has 18 heavy (non-hydrogen) atoms. The van der Waals surface area contributed by atoms with E-state index in [-0.39, 0.29) is 0 Å². The standard InChI is InChI=1S/C15H29NO2/c1-17-10-9-16-12-15(7-3-2-4-8-15)13-18-11-14-5-6-14/h14,16H,2-13H2,1H3. The van der Waals surface area contributed by atoms with E-state index in [0.29, 0.717) is 5.41 Å². The lowest BCUT2D eigenvalue weighted by atomic mass is 9.74. The van der Waals surface area contributed by atoms with Gasteiger partial charge in [0.05, 0.1) is 13.2 Å². The predicted molar refractivity (Wildman–Crippen MR) is 73.8 cm³/mol. The van der Waals surface area contributed by atoms with Crippen molar-refractivity contribution < 1.29 is 9.47 Å². The molecule has 0 unspecified atom stereocenters. The highest BCUT2D eigenvalue weighted by molar-refractivity contribution is 4.85. The SMILES string of the molecule is COCCNCC1(COCC2CC2)CCCCC1. The average Bonchev–Trinajstić information content (AvgIpc) is 3.20. The van der Waals surface area contributed by atoms with E-state index in [4.69, 9.17) is 9.47 Å². The molecule has 3 nitrogen and oxygen atoms in total. The summed E-state index contributed by atoms with van der Waals surface area (Å²) in [6.45, 7) is 4.82. The van der Waals surface area contributed by atoms with Gasteiger partial charge in [0.2, 0.25) is 0 Å². The first-order valence-corrected chi connectivity index (χ1v) is 7.62. The van der Waals surface area contributed by atoms with E-state index in [9.17, 15) is 0 Å². The van der Waals surface area contributed by atoms with E-state index in [0.717, 1.165) is 38.8 Å². The van der Waals surface area contributed by atoms with Crippen molar-refractivity contribution in [3.05, 3.63) is 0 Å². The van der Waals surface area contributed by atoms with Gasteiger partial charge >= 0.3 is 0 Å². The Balaban J connectivity index is 1.69. The summed E-state index contributed by atoms with van der Waals surface area (Å²) in [5, 5.41) is 3.55. The van der Waals surface area contributed by atoms with E-state index in [1.807, 2.05) is 0 Å². The molecule has 0 saturated heterocycles. The zero-order chi connectivity index (χ0) is 12.7. The monoisotopic (exact) mass is 255 g/mol. The molecule has 2 fully saturated rings. The van der Waals surface area contributed by atoms with E-state index < -0.39 is 0 Å². The van der Waals surface area contributed by atoms with Crippen LogP contribution in [0.2, 0.25) is 0 Å². The van der Waals surface area contributed by atoms with Gasteiger partial charge in [-0.3, -0.25) is 0 Å². The number of methoxy groups -OCH3 is 1. The minimum absolute atomic E-state index is 0.404. The Hall–Kier alpha value is -0.120. The average molecular weight is 255 g/mol. The van der Waals surface area contributed by atoms with Gasteiger partial charge in [0, 0.05) is 32.2 Å². The Labute approximate surface area is 112 Å². The van der Waals surface area contributed by atoms with Gasteiger partial charge in [-0.2, -0.15) is 0 Å². The Kier molecular flexibility index (Phi) is 5.93. The molecule has 0 spiro atoms. The topological polar surface area (TPSA) is 30.5 Å². The summed E-state index contributed by atoms with van der Waals surface area (Å²) in [7, 11) is 1.76. The fraction of sp³-hybridized carbons (Fsp3) is 1.00. The van der Waals surface area contributed by atoms with Crippen molar-refractivity contribution in [3.8, 4) is 0 Å². The Morgan fingerprint density at radius 3 is 2.61 bits per heavy atom. The first-order valence-electron chi connectivity index (χ1n) is 7.62. The second-order valence-electron chi connectivity index (χ2n) is 6.19. The summed E-state index contributed by atoms with van der Waals surface area (Å²) in [5.41, 5.74) is 0.404. The first-order chi connectivity index (χ1) is 8.85. The van der Waals surface area contributed by atoms with Crippen LogP contribution in [-0.4, -0.2) is 40.0 Å². The lowest BCUT2D eigenvalue weighted by Gasteiger charge is -2.37. The van der Waals surface area contributed by atoms with Crippen LogP contribution in [0.3, 0.4) is 0 Å². The van der Waals surface area contributed by atoms with Gasteiger partial charge in [-0.1, -0.05) is 19.3 Å². The third-order valence-electron chi connectivity index (χ3n) is 4.36. The third kappa shape index (κ3) is 4.87. The maximum atomic E-state index is 5.99. The molecule has 0 aliphatic heterocycles. The molecule has 0 aromatic rings. The molecule has 2 aliphatic carbocycles. The highest BCUT2D eigenvalue weighted by atomic mass is 16.5. The molecule has 1 N–H and O–H groups in total. The van der Waals surface area contributed by atoms with Crippen LogP contribution in [0.1, 0.15) is 44.9 Å². The summed E-state index contributed by atoms with van der Waals surface area (Å²) in [4.78, 5) is 0. The van der Waals surface area contributed by atoms with Gasteiger partial charge in [0.25, 0.3) is 0 Å². The second-order valence-corrected chi connectivity index (χ2v) is 6.19. The van der Waals surface area contributed by atoms with E-state index >= 15 is 0 Å². The minimum Gasteiger partial charge on any atom is -0.383 e. The second kappa shape index (κ2) is 7.46. The van der Waals surface area contributed by atoms with Crippen LogP contribution in [0.5, 0.6) is 0 Å². The highest BCUT2D eigenvalue weighted by Gasteiger charge is 2.32. The van der Waals surface area contributed by atoms with Gasteiger partial charge < -0.3 is 14.8 Å². The maximum absolute atomic E-state index is 5.99. The molecular weight excluding hydrogens is 226 g/mol. The van der Waals surface area contributed by atoms with Gasteiger partial charge in [-0.05, 0) is 31.6 Å². The van der Waals surface area contributed by atoms with Crippen molar-refractivity contribution in [2.45, 2.75) is 44.9 Å². The van der Waals surface area contributed by atoms with Gasteiger partial charge in [-0.15, -0.1) is 0 Å². The predicted octanol–water partition coefficient (Wildman–Crippen LogP) is 2.60. The zero-order valence-electron chi connectivity index (χ0n) is 11.9. The van der Waals surface area contributed by atoms with Crippen LogP contribution in [0.15, 0.2) is 0 Å². The van der Waals surface area contributed by atoms with E-state index in [2.05, 4.69) is 5.32 Å². The lowest BCUT2D eigenvalue weighted by molar-refractivity contribution is 0.0148. The van der Waals surface area contributed by atoms with Crippen molar-refractivity contribution in [2.24, 2.45) is 11.3 Å². The van der Waals surface area contributed by atoms with Crippen molar-refractivity contribution in [2.75, 3.05) is 40.0 Å². The summed E-state index contributed by atoms with van der Waals surface area (Å²) < 4.78 is 11.1. The van der Waals surface area contributed by atoms with E-state index in [1.54, 1.807) is 7.11 Å². The van der Waals surface area contributed by atoms with Crippen LogP contribution < -0.4 is 5.32 Å². The molecule has 0 heterocycles. The van der Waals surface area contributed by atoms with Crippen LogP contribution in [0.25, 0.3) is 0 Å². The molecule has 0 bridgehead atoms. The van der Waals surface area contributed by atoms with Gasteiger partial charge in [-0.25, -0.2) is 0 Å². The Morgan fingerprint density at radius 1 is 1.17 bits per heavy atom. The van der Waals surface area contributed by atoms with Crippen LogP contribution >= 0.6 is 0 Å². The first kappa shape index (κ1) is 14.3. The molecule has 2 aliphatic rings. The maximum Gasteiger partial charge on any atom is 0.0587 e. The van der Waals surface area contributed by atoms with Gasteiger partial charge in [0.15, 0.2) is 0 Å². The molecule has 0 atom stereocenters. The number of nitrogens with one attached hydrogen (secondary N) is 1. The normalized spacial score (nSPS) is 23.2. The quantitative estimate of drug-likeness (QED) is 0.642. The highest BCUT2D eigenvalue weighted by Crippen LogP contribution is 2.37. The largest absolute Gasteiger partial charge is 0.383 e. The number of rotatable bonds is 9. The molecule has 106 valence electrons. The van der Waals surface area contributed by atoms with Crippen molar-refractivity contribution in [1.29, 1.82) is 0 Å². The summed E-state index contributed by atoms with van der Waals surface area (Å²) in [5.74, 6) is 0.882. The fourth-order valence-electron chi connectivity index (χ4n) is 2.93. The van der Waals surface area contributed by atoms with Crippen molar-refractivity contribution in [1.82, 2.24) is 5.32 Å². The molecule has 3 heteroatoms. The molecule has 2 saturated carbocycles. The Morgan fingerprint density at radius 2 is 1.94 bits per heavy atom. The van der Waals surface area contributed by atoms with Crippen LogP contribution in [-0.2, 0) is 9.47 Å². The smallest absolute Gasteiger partial charge is 0.0587 e. The number of hydrogen-bond donors (Lipinski definition) is 1. The van der Waals surface area contributed by atoms with Gasteiger partial charge in [0.1, 0.15) is 0 Å². The Bertz CT molecular complexity index is 223. The molecular formula is C15H29NO2.